The summed E-state index contributed by atoms with van der Waals surface area (Å²) in [4.78, 5) is 0. The summed E-state index contributed by atoms with van der Waals surface area (Å²) in [6, 6.07) is 0. The van der Waals surface area contributed by atoms with Gasteiger partial charge in [-0.2, -0.15) is 0 Å². The van der Waals surface area contributed by atoms with Crippen molar-refractivity contribution in [1.29, 1.82) is 0 Å². The predicted octanol–water partition coefficient (Wildman–Crippen LogP) is 2.46. The van der Waals surface area contributed by atoms with E-state index < -0.39 is 0 Å². The molecule has 1 heterocycles. The first-order chi connectivity index (χ1) is 4.52. The molecular weight excluding hydrogens is 124 g/mol. The van der Waals surface area contributed by atoms with Crippen molar-refractivity contribution in [2.75, 3.05) is 6.61 Å². The van der Waals surface area contributed by atoms with E-state index in [1.54, 1.807) is 0 Å². The molecular formula is C9H18O. The molecule has 0 aliphatic carbocycles. The fourth-order valence-corrected chi connectivity index (χ4v) is 1.21. The maximum atomic E-state index is 5.42. The maximum absolute atomic E-state index is 5.42. The third-order valence-corrected chi connectivity index (χ3v) is 2.66. The average Bonchev–Trinajstić information content (AvgIpc) is 1.57. The van der Waals surface area contributed by atoms with Crippen molar-refractivity contribution in [3.8, 4) is 0 Å². The maximum Gasteiger partial charge on any atom is 0.0627 e. The summed E-state index contributed by atoms with van der Waals surface area (Å²) in [7, 11) is 0. The zero-order valence-electron chi connectivity index (χ0n) is 7.48. The zero-order valence-corrected chi connectivity index (χ0v) is 7.48. The number of rotatable bonds is 1. The van der Waals surface area contributed by atoms with E-state index in [0.717, 1.165) is 6.61 Å². The van der Waals surface area contributed by atoms with Gasteiger partial charge in [-0.3, -0.25) is 0 Å². The highest BCUT2D eigenvalue weighted by atomic mass is 16.5. The number of ether oxygens (including phenoxy) is 1. The molecule has 0 unspecified atom stereocenters. The number of hydrogen-bond donors (Lipinski definition) is 0. The molecule has 1 rings (SSSR count). The summed E-state index contributed by atoms with van der Waals surface area (Å²) in [5.41, 5.74) is 0.408. The topological polar surface area (TPSA) is 9.23 Å². The van der Waals surface area contributed by atoms with Crippen molar-refractivity contribution in [2.45, 2.75) is 40.2 Å². The van der Waals surface area contributed by atoms with Crippen LogP contribution >= 0.6 is 0 Å². The van der Waals surface area contributed by atoms with Crippen LogP contribution in [-0.2, 0) is 4.74 Å². The first kappa shape index (κ1) is 8.06. The van der Waals surface area contributed by atoms with E-state index in [1.165, 1.54) is 6.42 Å². The first-order valence-corrected chi connectivity index (χ1v) is 4.13. The Hall–Kier alpha value is -0.0400. The summed E-state index contributed by atoms with van der Waals surface area (Å²) in [5, 5.41) is 0. The lowest BCUT2D eigenvalue weighted by Gasteiger charge is -2.39. The standard InChI is InChI=1S/C9H18O/c1-7(9(2,3)4)8-5-6-10-8/h7-8H,5-6H2,1-4H3/t7-,8-/m1/s1. The van der Waals surface area contributed by atoms with Gasteiger partial charge in [0.1, 0.15) is 0 Å². The van der Waals surface area contributed by atoms with Gasteiger partial charge in [-0.1, -0.05) is 27.7 Å². The van der Waals surface area contributed by atoms with Crippen LogP contribution in [0.25, 0.3) is 0 Å². The van der Waals surface area contributed by atoms with Crippen LogP contribution in [0.1, 0.15) is 34.1 Å². The van der Waals surface area contributed by atoms with E-state index >= 15 is 0 Å². The van der Waals surface area contributed by atoms with Gasteiger partial charge in [0, 0.05) is 6.61 Å². The molecule has 1 nitrogen and oxygen atoms in total. The molecule has 10 heavy (non-hydrogen) atoms. The summed E-state index contributed by atoms with van der Waals surface area (Å²) in [6.45, 7) is 10.1. The highest BCUT2D eigenvalue weighted by molar-refractivity contribution is 4.81. The van der Waals surface area contributed by atoms with Crippen LogP contribution in [0.5, 0.6) is 0 Å². The molecule has 0 saturated carbocycles. The Bertz CT molecular complexity index is 108. The van der Waals surface area contributed by atoms with E-state index in [0.29, 0.717) is 17.4 Å². The monoisotopic (exact) mass is 142 g/mol. The molecule has 1 aliphatic heterocycles. The second-order valence-electron chi connectivity index (χ2n) is 4.35. The van der Waals surface area contributed by atoms with Crippen LogP contribution in [0, 0.1) is 11.3 Å². The Morgan fingerprint density at radius 1 is 1.40 bits per heavy atom. The van der Waals surface area contributed by atoms with Gasteiger partial charge in [-0.25, -0.2) is 0 Å². The zero-order chi connectivity index (χ0) is 7.78. The Balaban J connectivity index is 2.39. The quantitative estimate of drug-likeness (QED) is 0.546. The largest absolute Gasteiger partial charge is 0.378 e. The van der Waals surface area contributed by atoms with Gasteiger partial charge in [-0.05, 0) is 17.8 Å². The smallest absolute Gasteiger partial charge is 0.0627 e. The second-order valence-corrected chi connectivity index (χ2v) is 4.35. The molecule has 0 aromatic carbocycles. The summed E-state index contributed by atoms with van der Waals surface area (Å²) >= 11 is 0. The third kappa shape index (κ3) is 1.51. The van der Waals surface area contributed by atoms with Gasteiger partial charge < -0.3 is 4.74 Å². The van der Waals surface area contributed by atoms with Crippen molar-refractivity contribution in [3.05, 3.63) is 0 Å². The minimum Gasteiger partial charge on any atom is -0.378 e. The summed E-state index contributed by atoms with van der Waals surface area (Å²) in [6.07, 6.45) is 1.80. The van der Waals surface area contributed by atoms with Gasteiger partial charge in [-0.15, -0.1) is 0 Å². The molecule has 0 aromatic heterocycles. The first-order valence-electron chi connectivity index (χ1n) is 4.13. The highest BCUT2D eigenvalue weighted by Gasteiger charge is 2.32. The highest BCUT2D eigenvalue weighted by Crippen LogP contribution is 2.34. The fourth-order valence-electron chi connectivity index (χ4n) is 1.21. The van der Waals surface area contributed by atoms with E-state index in [2.05, 4.69) is 27.7 Å². The molecule has 0 bridgehead atoms. The molecule has 0 radical (unpaired) electrons. The lowest BCUT2D eigenvalue weighted by molar-refractivity contribution is -0.104. The van der Waals surface area contributed by atoms with Crippen LogP contribution in [0.2, 0.25) is 0 Å². The number of hydrogen-bond acceptors (Lipinski definition) is 1. The molecule has 1 fully saturated rings. The summed E-state index contributed by atoms with van der Waals surface area (Å²) in [5.74, 6) is 0.696. The van der Waals surface area contributed by atoms with Crippen molar-refractivity contribution in [1.82, 2.24) is 0 Å². The van der Waals surface area contributed by atoms with Gasteiger partial charge in [0.15, 0.2) is 0 Å². The predicted molar refractivity (Wildman–Crippen MR) is 43.0 cm³/mol. The molecule has 0 aromatic rings. The second kappa shape index (κ2) is 2.54. The van der Waals surface area contributed by atoms with Gasteiger partial charge in [0.25, 0.3) is 0 Å². The molecule has 0 N–H and O–H groups in total. The van der Waals surface area contributed by atoms with Gasteiger partial charge in [0.05, 0.1) is 6.10 Å². The van der Waals surface area contributed by atoms with Crippen molar-refractivity contribution >= 4 is 0 Å². The molecule has 0 spiro atoms. The molecule has 60 valence electrons. The van der Waals surface area contributed by atoms with E-state index in [4.69, 9.17) is 4.74 Å². The SMILES string of the molecule is C[C@H]([C@H]1CCO1)C(C)(C)C. The van der Waals surface area contributed by atoms with Crippen LogP contribution < -0.4 is 0 Å². The molecule has 2 atom stereocenters. The molecule has 1 aliphatic rings. The fraction of sp³-hybridized carbons (Fsp3) is 1.00. The lowest BCUT2D eigenvalue weighted by atomic mass is 9.77. The minimum atomic E-state index is 0.408. The molecule has 0 amide bonds. The lowest BCUT2D eigenvalue weighted by Crippen LogP contribution is -2.39. The van der Waals surface area contributed by atoms with E-state index in [-0.39, 0.29) is 0 Å². The van der Waals surface area contributed by atoms with Crippen molar-refractivity contribution in [3.63, 3.8) is 0 Å². The Morgan fingerprint density at radius 2 is 1.90 bits per heavy atom. The van der Waals surface area contributed by atoms with Gasteiger partial charge in [0.2, 0.25) is 0 Å². The molecule has 1 heteroatoms. The van der Waals surface area contributed by atoms with Crippen LogP contribution in [0.4, 0.5) is 0 Å². The minimum absolute atomic E-state index is 0.408. The Labute approximate surface area is 63.8 Å². The van der Waals surface area contributed by atoms with E-state index in [9.17, 15) is 0 Å². The van der Waals surface area contributed by atoms with Crippen LogP contribution in [0.15, 0.2) is 0 Å². The molecule has 1 saturated heterocycles. The van der Waals surface area contributed by atoms with Crippen molar-refractivity contribution < 1.29 is 4.74 Å². The third-order valence-electron chi connectivity index (χ3n) is 2.66. The summed E-state index contributed by atoms with van der Waals surface area (Å²) < 4.78 is 5.42. The normalized spacial score (nSPS) is 29.4. The average molecular weight is 142 g/mol. The van der Waals surface area contributed by atoms with Crippen molar-refractivity contribution in [2.24, 2.45) is 11.3 Å². The Morgan fingerprint density at radius 3 is 2.00 bits per heavy atom. The van der Waals surface area contributed by atoms with Gasteiger partial charge >= 0.3 is 0 Å². The van der Waals surface area contributed by atoms with Crippen LogP contribution in [-0.4, -0.2) is 12.7 Å². The Kier molecular flexibility index (Phi) is 2.04. The van der Waals surface area contributed by atoms with E-state index in [1.807, 2.05) is 0 Å². The van der Waals surface area contributed by atoms with Crippen LogP contribution in [0.3, 0.4) is 0 Å².